The maximum Gasteiger partial charge on any atom is 0.414 e. The van der Waals surface area contributed by atoms with Crippen molar-refractivity contribution < 1.29 is 23.5 Å². The predicted octanol–water partition coefficient (Wildman–Crippen LogP) is 3.73. The Hall–Kier alpha value is -2.31. The molecule has 27 heavy (non-hydrogen) atoms. The van der Waals surface area contributed by atoms with Crippen molar-refractivity contribution in [3.05, 3.63) is 24.0 Å². The number of benzene rings is 1. The lowest BCUT2D eigenvalue weighted by Crippen LogP contribution is -2.41. The molecule has 2 amide bonds. The second-order valence-corrected chi connectivity index (χ2v) is 7.22. The van der Waals surface area contributed by atoms with Gasteiger partial charge in [0.05, 0.1) is 12.2 Å². The summed E-state index contributed by atoms with van der Waals surface area (Å²) in [4.78, 5) is 27.1. The number of anilines is 1. The molecule has 0 N–H and O–H groups in total. The number of ether oxygens (including phenoxy) is 2. The minimum atomic E-state index is -0.499. The van der Waals surface area contributed by atoms with E-state index in [2.05, 4.69) is 6.92 Å². The van der Waals surface area contributed by atoms with E-state index in [1.165, 1.54) is 11.0 Å². The highest BCUT2D eigenvalue weighted by molar-refractivity contribution is 5.89. The van der Waals surface area contributed by atoms with Gasteiger partial charge in [-0.2, -0.15) is 0 Å². The molecule has 1 unspecified atom stereocenters. The number of halogens is 1. The first-order chi connectivity index (χ1) is 13.0. The van der Waals surface area contributed by atoms with Crippen LogP contribution in [0.25, 0.3) is 0 Å². The Kier molecular flexibility index (Phi) is 6.19. The number of hydrogen-bond acceptors (Lipinski definition) is 4. The summed E-state index contributed by atoms with van der Waals surface area (Å²) in [5.41, 5.74) is 0.463. The van der Waals surface area contributed by atoms with Crippen molar-refractivity contribution in [1.29, 1.82) is 0 Å². The summed E-state index contributed by atoms with van der Waals surface area (Å²) in [7, 11) is 0. The van der Waals surface area contributed by atoms with Crippen LogP contribution in [0, 0.1) is 5.82 Å². The van der Waals surface area contributed by atoms with E-state index in [4.69, 9.17) is 9.47 Å². The molecule has 2 aliphatic heterocycles. The van der Waals surface area contributed by atoms with E-state index in [0.717, 1.165) is 12.8 Å². The van der Waals surface area contributed by atoms with Gasteiger partial charge < -0.3 is 14.4 Å². The van der Waals surface area contributed by atoms with Crippen molar-refractivity contribution in [3.8, 4) is 5.75 Å². The van der Waals surface area contributed by atoms with Crippen molar-refractivity contribution in [2.45, 2.75) is 58.2 Å². The topological polar surface area (TPSA) is 59.1 Å². The lowest BCUT2D eigenvalue weighted by Gasteiger charge is -2.32. The molecule has 1 aromatic carbocycles. The predicted molar refractivity (Wildman–Crippen MR) is 99.4 cm³/mol. The average molecular weight is 378 g/mol. The summed E-state index contributed by atoms with van der Waals surface area (Å²) in [6.45, 7) is 5.56. The van der Waals surface area contributed by atoms with Crippen molar-refractivity contribution >= 4 is 17.7 Å². The van der Waals surface area contributed by atoms with Crippen LogP contribution in [0.3, 0.4) is 0 Å². The summed E-state index contributed by atoms with van der Waals surface area (Å²) < 4.78 is 25.3. The molecule has 6 nitrogen and oxygen atoms in total. The van der Waals surface area contributed by atoms with Gasteiger partial charge in [-0.05, 0) is 25.5 Å². The molecule has 0 bridgehead atoms. The number of carbonyl (C=O) groups is 2. The second-order valence-electron chi connectivity index (χ2n) is 7.22. The number of piperidine rings is 1. The van der Waals surface area contributed by atoms with Crippen molar-refractivity contribution in [3.63, 3.8) is 0 Å². The summed E-state index contributed by atoms with van der Waals surface area (Å²) in [5, 5.41) is 0. The Morgan fingerprint density at radius 1 is 1.33 bits per heavy atom. The molecule has 0 aromatic heterocycles. The van der Waals surface area contributed by atoms with Crippen LogP contribution in [0.2, 0.25) is 0 Å². The lowest BCUT2D eigenvalue weighted by atomic mass is 10.1. The van der Waals surface area contributed by atoms with Gasteiger partial charge in [0.15, 0.2) is 11.6 Å². The minimum absolute atomic E-state index is 0.114. The Morgan fingerprint density at radius 2 is 2.07 bits per heavy atom. The molecule has 2 fully saturated rings. The van der Waals surface area contributed by atoms with Crippen LogP contribution in [-0.4, -0.2) is 48.7 Å². The van der Waals surface area contributed by atoms with Gasteiger partial charge in [-0.1, -0.05) is 13.3 Å². The van der Waals surface area contributed by atoms with Crippen molar-refractivity contribution in [1.82, 2.24) is 4.90 Å². The number of nitrogens with zero attached hydrogens (tertiary/aromatic N) is 2. The molecule has 0 spiro atoms. The largest absolute Gasteiger partial charge is 0.487 e. The monoisotopic (exact) mass is 378 g/mol. The Morgan fingerprint density at radius 3 is 2.67 bits per heavy atom. The smallest absolute Gasteiger partial charge is 0.414 e. The summed E-state index contributed by atoms with van der Waals surface area (Å²) in [5.74, 6) is -0.131. The molecule has 2 saturated heterocycles. The number of unbranched alkanes of at least 4 members (excludes halogenated alkanes) is 1. The Bertz CT molecular complexity index is 689. The van der Waals surface area contributed by atoms with Gasteiger partial charge in [0, 0.05) is 38.4 Å². The molecule has 148 valence electrons. The van der Waals surface area contributed by atoms with Crippen LogP contribution in [0.1, 0.15) is 46.0 Å². The standard InChI is InChI=1S/C20H27FN2O4/c1-3-4-5-19(24)22-10-8-16(9-11-22)27-18-7-6-15(12-17(18)21)23-13-14(2)26-20(23)25/h6-7,12,14,16H,3-5,8-11,13H2,1-2H3. The fourth-order valence-electron chi connectivity index (χ4n) is 3.46. The summed E-state index contributed by atoms with van der Waals surface area (Å²) in [6.07, 6.45) is 3.11. The van der Waals surface area contributed by atoms with Crippen LogP contribution >= 0.6 is 0 Å². The zero-order valence-corrected chi connectivity index (χ0v) is 15.9. The number of hydrogen-bond donors (Lipinski definition) is 0. The average Bonchev–Trinajstić information content (AvgIpc) is 3.00. The number of rotatable bonds is 6. The molecule has 2 aliphatic rings. The first-order valence-corrected chi connectivity index (χ1v) is 9.70. The first-order valence-electron chi connectivity index (χ1n) is 9.70. The van der Waals surface area contributed by atoms with Gasteiger partial charge in [-0.25, -0.2) is 9.18 Å². The molecule has 0 radical (unpaired) electrons. The van der Waals surface area contributed by atoms with Crippen LogP contribution in [0.5, 0.6) is 5.75 Å². The number of cyclic esters (lactones) is 1. The first kappa shape index (κ1) is 19.5. The van der Waals surface area contributed by atoms with Gasteiger partial charge in [-0.3, -0.25) is 9.69 Å². The van der Waals surface area contributed by atoms with Gasteiger partial charge in [-0.15, -0.1) is 0 Å². The van der Waals surface area contributed by atoms with Gasteiger partial charge >= 0.3 is 6.09 Å². The van der Waals surface area contributed by atoms with E-state index < -0.39 is 11.9 Å². The molecule has 2 heterocycles. The van der Waals surface area contributed by atoms with Crippen molar-refractivity contribution in [2.24, 2.45) is 0 Å². The van der Waals surface area contributed by atoms with Crippen LogP contribution in [0.15, 0.2) is 18.2 Å². The third-order valence-corrected chi connectivity index (χ3v) is 5.02. The quantitative estimate of drug-likeness (QED) is 0.757. The molecule has 0 saturated carbocycles. The third kappa shape index (κ3) is 4.70. The zero-order chi connectivity index (χ0) is 19.4. The SMILES string of the molecule is CCCCC(=O)N1CCC(Oc2ccc(N3CC(C)OC3=O)cc2F)CC1. The van der Waals surface area contributed by atoms with Crippen molar-refractivity contribution in [2.75, 3.05) is 24.5 Å². The van der Waals surface area contributed by atoms with Gasteiger partial charge in [0.2, 0.25) is 5.91 Å². The maximum atomic E-state index is 14.5. The number of amides is 2. The molecule has 1 atom stereocenters. The van der Waals surface area contributed by atoms with Gasteiger partial charge in [0.1, 0.15) is 12.2 Å². The third-order valence-electron chi connectivity index (χ3n) is 5.02. The molecule has 3 rings (SSSR count). The molecular weight excluding hydrogens is 351 g/mol. The molecule has 7 heteroatoms. The van der Waals surface area contributed by atoms with E-state index in [0.29, 0.717) is 44.6 Å². The van der Waals surface area contributed by atoms with Crippen LogP contribution < -0.4 is 9.64 Å². The van der Waals surface area contributed by atoms with E-state index in [1.807, 2.05) is 4.90 Å². The van der Waals surface area contributed by atoms with E-state index in [9.17, 15) is 14.0 Å². The zero-order valence-electron chi connectivity index (χ0n) is 15.9. The number of likely N-dealkylation sites (tertiary alicyclic amines) is 1. The van der Waals surface area contributed by atoms with E-state index in [1.54, 1.807) is 19.1 Å². The molecule has 0 aliphatic carbocycles. The summed E-state index contributed by atoms with van der Waals surface area (Å²) in [6, 6.07) is 4.53. The fourth-order valence-corrected chi connectivity index (χ4v) is 3.46. The highest BCUT2D eigenvalue weighted by Gasteiger charge is 2.30. The summed E-state index contributed by atoms with van der Waals surface area (Å²) >= 11 is 0. The fraction of sp³-hybridized carbons (Fsp3) is 0.600. The van der Waals surface area contributed by atoms with Gasteiger partial charge in [0.25, 0.3) is 0 Å². The Balaban J connectivity index is 1.54. The number of carbonyl (C=O) groups excluding carboxylic acids is 2. The second kappa shape index (κ2) is 8.59. The highest BCUT2D eigenvalue weighted by atomic mass is 19.1. The molecular formula is C20H27FN2O4. The maximum absolute atomic E-state index is 14.5. The lowest BCUT2D eigenvalue weighted by molar-refractivity contribution is -0.133. The van der Waals surface area contributed by atoms with Crippen LogP contribution in [-0.2, 0) is 9.53 Å². The Labute approximate surface area is 159 Å². The normalized spacial score (nSPS) is 20.7. The minimum Gasteiger partial charge on any atom is -0.487 e. The highest BCUT2D eigenvalue weighted by Crippen LogP contribution is 2.29. The van der Waals surface area contributed by atoms with E-state index >= 15 is 0 Å². The van der Waals surface area contributed by atoms with Crippen LogP contribution in [0.4, 0.5) is 14.9 Å². The van der Waals surface area contributed by atoms with E-state index in [-0.39, 0.29) is 23.9 Å². The molecule has 1 aromatic rings.